The van der Waals surface area contributed by atoms with Crippen molar-refractivity contribution in [3.63, 3.8) is 0 Å². The van der Waals surface area contributed by atoms with Crippen molar-refractivity contribution in [2.45, 2.75) is 44.9 Å². The molecular formula is C9H17NO3. The second-order valence-corrected chi connectivity index (χ2v) is 3.74. The predicted octanol–water partition coefficient (Wildman–Crippen LogP) is 0.0509. The summed E-state index contributed by atoms with van der Waals surface area (Å²) in [6.07, 6.45) is 1.25. The molecule has 0 atom stereocenters. The smallest absolute Gasteiger partial charge is 0.320 e. The van der Waals surface area contributed by atoms with Gasteiger partial charge in [-0.05, 0) is 26.7 Å². The van der Waals surface area contributed by atoms with Crippen LogP contribution in [0.5, 0.6) is 0 Å². The predicted molar refractivity (Wildman–Crippen MR) is 48.3 cm³/mol. The number of hydrogen-bond acceptors (Lipinski definition) is 4. The summed E-state index contributed by atoms with van der Waals surface area (Å²) in [7, 11) is 0. The summed E-state index contributed by atoms with van der Waals surface area (Å²) in [6.45, 7) is 3.89. The Bertz CT molecular complexity index is 176. The second-order valence-electron chi connectivity index (χ2n) is 3.74. The van der Waals surface area contributed by atoms with E-state index in [0.717, 1.165) is 12.8 Å². The molecule has 2 N–H and O–H groups in total. The van der Waals surface area contributed by atoms with E-state index in [2.05, 4.69) is 5.32 Å². The lowest BCUT2D eigenvalue weighted by Crippen LogP contribution is -2.46. The molecule has 1 fully saturated rings. The first-order valence-electron chi connectivity index (χ1n) is 4.69. The molecular weight excluding hydrogens is 170 g/mol. The van der Waals surface area contributed by atoms with Crippen molar-refractivity contribution >= 4 is 5.97 Å². The summed E-state index contributed by atoms with van der Waals surface area (Å²) in [5.41, 5.74) is 0. The fourth-order valence-corrected chi connectivity index (χ4v) is 1.29. The van der Waals surface area contributed by atoms with Gasteiger partial charge >= 0.3 is 5.97 Å². The van der Waals surface area contributed by atoms with Crippen molar-refractivity contribution < 1.29 is 14.6 Å². The molecule has 0 bridgehead atoms. The van der Waals surface area contributed by atoms with Crippen LogP contribution in [0.25, 0.3) is 0 Å². The molecule has 4 nitrogen and oxygen atoms in total. The minimum absolute atomic E-state index is 0.0544. The fourth-order valence-electron chi connectivity index (χ4n) is 1.29. The Morgan fingerprint density at radius 2 is 2.23 bits per heavy atom. The van der Waals surface area contributed by atoms with Crippen LogP contribution in [0.2, 0.25) is 0 Å². The van der Waals surface area contributed by atoms with Gasteiger partial charge in [-0.15, -0.1) is 0 Å². The summed E-state index contributed by atoms with van der Waals surface area (Å²) in [5, 5.41) is 12.0. The van der Waals surface area contributed by atoms with E-state index in [1.807, 2.05) is 13.8 Å². The number of rotatable bonds is 4. The number of hydrogen-bond donors (Lipinski definition) is 2. The Kier molecular flexibility index (Phi) is 3.69. The molecule has 0 aromatic carbocycles. The molecule has 1 aliphatic carbocycles. The van der Waals surface area contributed by atoms with E-state index >= 15 is 0 Å². The third kappa shape index (κ3) is 3.74. The van der Waals surface area contributed by atoms with E-state index in [9.17, 15) is 4.79 Å². The third-order valence-electron chi connectivity index (χ3n) is 2.02. The van der Waals surface area contributed by atoms with E-state index in [-0.39, 0.29) is 30.8 Å². The van der Waals surface area contributed by atoms with Crippen LogP contribution in [0.4, 0.5) is 0 Å². The highest BCUT2D eigenvalue weighted by atomic mass is 16.5. The average molecular weight is 187 g/mol. The van der Waals surface area contributed by atoms with Gasteiger partial charge in [0.1, 0.15) is 0 Å². The topological polar surface area (TPSA) is 58.6 Å². The molecule has 1 aliphatic rings. The van der Waals surface area contributed by atoms with Gasteiger partial charge in [0.2, 0.25) is 0 Å². The Balaban J connectivity index is 2.02. The summed E-state index contributed by atoms with van der Waals surface area (Å²) >= 11 is 0. The highest BCUT2D eigenvalue weighted by molar-refractivity contribution is 5.71. The van der Waals surface area contributed by atoms with Crippen molar-refractivity contribution in [1.29, 1.82) is 0 Å². The molecule has 0 heterocycles. The number of esters is 1. The van der Waals surface area contributed by atoms with Crippen molar-refractivity contribution in [3.05, 3.63) is 0 Å². The molecule has 0 aromatic heterocycles. The van der Waals surface area contributed by atoms with Crippen LogP contribution in [-0.4, -0.2) is 35.9 Å². The maximum absolute atomic E-state index is 11.0. The molecule has 13 heavy (non-hydrogen) atoms. The van der Waals surface area contributed by atoms with Crippen molar-refractivity contribution in [1.82, 2.24) is 5.32 Å². The Morgan fingerprint density at radius 3 is 2.69 bits per heavy atom. The lowest BCUT2D eigenvalue weighted by atomic mass is 9.90. The van der Waals surface area contributed by atoms with Crippen LogP contribution >= 0.6 is 0 Å². The van der Waals surface area contributed by atoms with Crippen LogP contribution in [0.1, 0.15) is 26.7 Å². The van der Waals surface area contributed by atoms with E-state index in [1.165, 1.54) is 0 Å². The van der Waals surface area contributed by atoms with Crippen LogP contribution in [0.3, 0.4) is 0 Å². The number of aliphatic hydroxyl groups is 1. The van der Waals surface area contributed by atoms with Gasteiger partial charge in [0.25, 0.3) is 0 Å². The van der Waals surface area contributed by atoms with Crippen molar-refractivity contribution in [2.24, 2.45) is 0 Å². The molecule has 0 unspecified atom stereocenters. The largest absolute Gasteiger partial charge is 0.462 e. The number of aliphatic hydroxyl groups excluding tert-OH is 1. The number of nitrogens with one attached hydrogen (secondary N) is 1. The molecule has 1 rings (SSSR count). The molecule has 0 radical (unpaired) electrons. The lowest BCUT2D eigenvalue weighted by Gasteiger charge is -2.31. The van der Waals surface area contributed by atoms with Gasteiger partial charge in [0, 0.05) is 6.04 Å². The van der Waals surface area contributed by atoms with Crippen molar-refractivity contribution in [2.75, 3.05) is 6.54 Å². The Hall–Kier alpha value is -0.610. The molecule has 76 valence electrons. The van der Waals surface area contributed by atoms with Gasteiger partial charge in [0.15, 0.2) is 0 Å². The quantitative estimate of drug-likeness (QED) is 0.611. The van der Waals surface area contributed by atoms with Crippen LogP contribution in [0.15, 0.2) is 0 Å². The Labute approximate surface area is 78.3 Å². The molecule has 0 spiro atoms. The van der Waals surface area contributed by atoms with E-state index < -0.39 is 0 Å². The van der Waals surface area contributed by atoms with Gasteiger partial charge in [0.05, 0.1) is 18.8 Å². The Morgan fingerprint density at radius 1 is 1.62 bits per heavy atom. The zero-order valence-electron chi connectivity index (χ0n) is 8.12. The molecule has 0 saturated heterocycles. The average Bonchev–Trinajstić information content (AvgIpc) is 1.94. The first kappa shape index (κ1) is 10.5. The zero-order chi connectivity index (χ0) is 9.84. The third-order valence-corrected chi connectivity index (χ3v) is 2.02. The maximum Gasteiger partial charge on any atom is 0.320 e. The van der Waals surface area contributed by atoms with Crippen LogP contribution < -0.4 is 5.32 Å². The monoisotopic (exact) mass is 187 g/mol. The van der Waals surface area contributed by atoms with E-state index in [4.69, 9.17) is 9.84 Å². The summed E-state index contributed by atoms with van der Waals surface area (Å²) in [4.78, 5) is 11.0. The first-order valence-corrected chi connectivity index (χ1v) is 4.69. The second kappa shape index (κ2) is 4.58. The van der Waals surface area contributed by atoms with Crippen LogP contribution in [0, 0.1) is 0 Å². The minimum Gasteiger partial charge on any atom is -0.462 e. The van der Waals surface area contributed by atoms with Gasteiger partial charge in [-0.3, -0.25) is 4.79 Å². The van der Waals surface area contributed by atoms with E-state index in [1.54, 1.807) is 0 Å². The summed E-state index contributed by atoms with van der Waals surface area (Å²) < 4.78 is 4.93. The SMILES string of the molecule is CC(C)OC(=O)CNC1CC(O)C1. The molecule has 4 heteroatoms. The van der Waals surface area contributed by atoms with Gasteiger partial charge in [-0.2, -0.15) is 0 Å². The first-order chi connectivity index (χ1) is 6.08. The highest BCUT2D eigenvalue weighted by Gasteiger charge is 2.27. The van der Waals surface area contributed by atoms with Gasteiger partial charge in [-0.25, -0.2) is 0 Å². The number of ether oxygens (including phenoxy) is 1. The van der Waals surface area contributed by atoms with Gasteiger partial charge in [-0.1, -0.05) is 0 Å². The summed E-state index contributed by atoms with van der Waals surface area (Å²) in [5.74, 6) is -0.226. The molecule has 0 aliphatic heterocycles. The van der Waals surface area contributed by atoms with Gasteiger partial charge < -0.3 is 15.2 Å². The number of carbonyl (C=O) groups excluding carboxylic acids is 1. The van der Waals surface area contributed by atoms with Crippen molar-refractivity contribution in [3.8, 4) is 0 Å². The molecule has 0 aromatic rings. The summed E-state index contributed by atoms with van der Waals surface area (Å²) in [6, 6.07) is 0.287. The lowest BCUT2D eigenvalue weighted by molar-refractivity contribution is -0.146. The normalized spacial score (nSPS) is 27.1. The molecule has 1 saturated carbocycles. The maximum atomic E-state index is 11.0. The number of carbonyl (C=O) groups is 1. The van der Waals surface area contributed by atoms with Crippen LogP contribution in [-0.2, 0) is 9.53 Å². The van der Waals surface area contributed by atoms with E-state index in [0.29, 0.717) is 0 Å². The molecule has 0 amide bonds. The highest BCUT2D eigenvalue weighted by Crippen LogP contribution is 2.18. The minimum atomic E-state index is -0.226. The zero-order valence-corrected chi connectivity index (χ0v) is 8.12. The fraction of sp³-hybridized carbons (Fsp3) is 0.889. The standard InChI is InChI=1S/C9H17NO3/c1-6(2)13-9(12)5-10-7-3-8(11)4-7/h6-8,10-11H,3-5H2,1-2H3.